The first-order valence-corrected chi connectivity index (χ1v) is 7.18. The Morgan fingerprint density at radius 1 is 1.50 bits per heavy atom. The van der Waals surface area contributed by atoms with E-state index < -0.39 is 0 Å². The first kappa shape index (κ1) is 12.4. The van der Waals surface area contributed by atoms with Gasteiger partial charge in [0.15, 0.2) is 0 Å². The summed E-state index contributed by atoms with van der Waals surface area (Å²) in [6.45, 7) is 2.35. The van der Waals surface area contributed by atoms with Crippen LogP contribution < -0.4 is 0 Å². The number of rotatable bonds is 2. The highest BCUT2D eigenvalue weighted by Gasteiger charge is 2.27. The third-order valence-corrected chi connectivity index (χ3v) is 5.04. The molecule has 3 heteroatoms. The van der Waals surface area contributed by atoms with Gasteiger partial charge in [0.25, 0.3) is 0 Å². The molecule has 0 bridgehead atoms. The van der Waals surface area contributed by atoms with Crippen LogP contribution in [0.3, 0.4) is 0 Å². The molecule has 0 saturated heterocycles. The van der Waals surface area contributed by atoms with E-state index in [1.807, 2.05) is 12.3 Å². The molecule has 3 atom stereocenters. The van der Waals surface area contributed by atoms with Gasteiger partial charge >= 0.3 is 0 Å². The van der Waals surface area contributed by atoms with E-state index in [0.29, 0.717) is 10.7 Å². The smallest absolute Gasteiger partial charge is 0.0621 e. The SMILES string of the molecule is CC1CCC(Br)C(Cc2ccncc2Cl)C1. The molecule has 3 unspecified atom stereocenters. The Kier molecular flexibility index (Phi) is 4.26. The third-order valence-electron chi connectivity index (χ3n) is 3.49. The van der Waals surface area contributed by atoms with Crippen molar-refractivity contribution >= 4 is 27.5 Å². The van der Waals surface area contributed by atoms with Crippen LogP contribution >= 0.6 is 27.5 Å². The summed E-state index contributed by atoms with van der Waals surface area (Å²) in [5, 5.41) is 0.806. The lowest BCUT2D eigenvalue weighted by molar-refractivity contribution is 0.294. The third kappa shape index (κ3) is 2.98. The maximum Gasteiger partial charge on any atom is 0.0621 e. The van der Waals surface area contributed by atoms with Gasteiger partial charge in [-0.15, -0.1) is 0 Å². The van der Waals surface area contributed by atoms with E-state index >= 15 is 0 Å². The van der Waals surface area contributed by atoms with Crippen molar-refractivity contribution in [2.45, 2.75) is 37.4 Å². The van der Waals surface area contributed by atoms with Crippen molar-refractivity contribution in [3.05, 3.63) is 29.0 Å². The van der Waals surface area contributed by atoms with Gasteiger partial charge in [0.05, 0.1) is 5.02 Å². The molecule has 0 aromatic carbocycles. The average Bonchev–Trinajstić information content (AvgIpc) is 2.27. The number of hydrogen-bond acceptors (Lipinski definition) is 1. The van der Waals surface area contributed by atoms with Crippen molar-refractivity contribution in [1.29, 1.82) is 0 Å². The van der Waals surface area contributed by atoms with Gasteiger partial charge in [0.2, 0.25) is 0 Å². The predicted molar refractivity (Wildman–Crippen MR) is 72.2 cm³/mol. The monoisotopic (exact) mass is 301 g/mol. The standard InChI is InChI=1S/C13H17BrClN/c1-9-2-3-12(14)11(6-9)7-10-4-5-16-8-13(10)15/h4-5,8-9,11-12H,2-3,6-7H2,1H3. The van der Waals surface area contributed by atoms with E-state index in [-0.39, 0.29) is 0 Å². The summed E-state index contributed by atoms with van der Waals surface area (Å²) in [7, 11) is 0. The maximum atomic E-state index is 6.15. The second kappa shape index (κ2) is 5.50. The molecular formula is C13H17BrClN. The van der Waals surface area contributed by atoms with Gasteiger partial charge in [-0.1, -0.05) is 34.5 Å². The van der Waals surface area contributed by atoms with Gasteiger partial charge in [0.1, 0.15) is 0 Å². The van der Waals surface area contributed by atoms with Gasteiger partial charge < -0.3 is 0 Å². The fraction of sp³-hybridized carbons (Fsp3) is 0.615. The van der Waals surface area contributed by atoms with Crippen LogP contribution in [0.1, 0.15) is 31.7 Å². The molecule has 0 radical (unpaired) electrons. The van der Waals surface area contributed by atoms with Crippen molar-refractivity contribution in [1.82, 2.24) is 4.98 Å². The largest absolute Gasteiger partial charge is 0.263 e. The minimum absolute atomic E-state index is 0.646. The zero-order valence-electron chi connectivity index (χ0n) is 9.50. The molecule has 2 rings (SSSR count). The summed E-state index contributed by atoms with van der Waals surface area (Å²) in [6, 6.07) is 2.04. The van der Waals surface area contributed by atoms with Crippen LogP contribution in [-0.4, -0.2) is 9.81 Å². The quantitative estimate of drug-likeness (QED) is 0.734. The van der Waals surface area contributed by atoms with Crippen LogP contribution in [0.2, 0.25) is 5.02 Å². The van der Waals surface area contributed by atoms with Gasteiger partial charge in [-0.3, -0.25) is 4.98 Å². The van der Waals surface area contributed by atoms with E-state index in [1.54, 1.807) is 6.20 Å². The molecule has 0 amide bonds. The number of halogens is 2. The lowest BCUT2D eigenvalue weighted by Crippen LogP contribution is -2.25. The van der Waals surface area contributed by atoms with E-state index in [4.69, 9.17) is 11.6 Å². The number of aromatic nitrogens is 1. The molecule has 1 aliphatic rings. The fourth-order valence-corrected chi connectivity index (χ4v) is 3.39. The second-order valence-corrected chi connectivity index (χ2v) is 6.45. The Balaban J connectivity index is 2.06. The summed E-state index contributed by atoms with van der Waals surface area (Å²) < 4.78 is 0. The van der Waals surface area contributed by atoms with E-state index in [1.165, 1.54) is 24.8 Å². The zero-order chi connectivity index (χ0) is 11.5. The first-order chi connectivity index (χ1) is 7.66. The van der Waals surface area contributed by atoms with Crippen LogP contribution in [0.25, 0.3) is 0 Å². The number of alkyl halides is 1. The van der Waals surface area contributed by atoms with Crippen molar-refractivity contribution < 1.29 is 0 Å². The number of nitrogens with zero attached hydrogens (tertiary/aromatic N) is 1. The maximum absolute atomic E-state index is 6.15. The molecule has 1 nitrogen and oxygen atoms in total. The summed E-state index contributed by atoms with van der Waals surface area (Å²) in [4.78, 5) is 4.67. The van der Waals surface area contributed by atoms with Gasteiger partial charge in [0, 0.05) is 17.2 Å². The van der Waals surface area contributed by atoms with Gasteiger partial charge in [-0.05, 0) is 49.1 Å². The fourth-order valence-electron chi connectivity index (χ4n) is 2.52. The highest BCUT2D eigenvalue weighted by atomic mass is 79.9. The Labute approximate surface area is 111 Å². The molecule has 1 aromatic rings. The molecule has 0 N–H and O–H groups in total. The van der Waals surface area contributed by atoms with E-state index in [0.717, 1.165) is 17.4 Å². The molecule has 0 aliphatic heterocycles. The molecule has 1 fully saturated rings. The molecule has 1 aromatic heterocycles. The predicted octanol–water partition coefficient (Wildman–Crippen LogP) is 4.48. The molecule has 1 aliphatic carbocycles. The van der Waals surface area contributed by atoms with E-state index in [9.17, 15) is 0 Å². The van der Waals surface area contributed by atoms with Gasteiger partial charge in [-0.25, -0.2) is 0 Å². The molecule has 1 heterocycles. The van der Waals surface area contributed by atoms with Crippen LogP contribution in [-0.2, 0) is 6.42 Å². The lowest BCUT2D eigenvalue weighted by Gasteiger charge is -2.31. The first-order valence-electron chi connectivity index (χ1n) is 5.89. The van der Waals surface area contributed by atoms with Crippen LogP contribution in [0.5, 0.6) is 0 Å². The van der Waals surface area contributed by atoms with Crippen LogP contribution in [0.4, 0.5) is 0 Å². The number of pyridine rings is 1. The Morgan fingerprint density at radius 2 is 2.31 bits per heavy atom. The Morgan fingerprint density at radius 3 is 3.06 bits per heavy atom. The normalized spacial score (nSPS) is 30.3. The summed E-state index contributed by atoms with van der Waals surface area (Å²) in [6.07, 6.45) is 8.57. The van der Waals surface area contributed by atoms with Gasteiger partial charge in [-0.2, -0.15) is 0 Å². The second-order valence-electron chi connectivity index (χ2n) is 4.87. The van der Waals surface area contributed by atoms with Crippen molar-refractivity contribution in [3.8, 4) is 0 Å². The highest BCUT2D eigenvalue weighted by molar-refractivity contribution is 9.09. The summed E-state index contributed by atoms with van der Waals surface area (Å²) in [5.74, 6) is 1.56. The molecular weight excluding hydrogens is 286 g/mol. The minimum Gasteiger partial charge on any atom is -0.263 e. The zero-order valence-corrected chi connectivity index (χ0v) is 11.8. The Bertz CT molecular complexity index is 356. The van der Waals surface area contributed by atoms with Crippen molar-refractivity contribution in [3.63, 3.8) is 0 Å². The highest BCUT2D eigenvalue weighted by Crippen LogP contribution is 2.36. The summed E-state index contributed by atoms with van der Waals surface area (Å²) >= 11 is 9.96. The topological polar surface area (TPSA) is 12.9 Å². The number of hydrogen-bond donors (Lipinski definition) is 0. The molecule has 0 spiro atoms. The van der Waals surface area contributed by atoms with Crippen LogP contribution in [0, 0.1) is 11.8 Å². The minimum atomic E-state index is 0.646. The van der Waals surface area contributed by atoms with Crippen molar-refractivity contribution in [2.75, 3.05) is 0 Å². The molecule has 88 valence electrons. The molecule has 16 heavy (non-hydrogen) atoms. The van der Waals surface area contributed by atoms with Crippen LogP contribution in [0.15, 0.2) is 18.5 Å². The average molecular weight is 303 g/mol. The Hall–Kier alpha value is -0.0800. The lowest BCUT2D eigenvalue weighted by atomic mass is 9.79. The molecule has 1 saturated carbocycles. The summed E-state index contributed by atoms with van der Waals surface area (Å²) in [5.41, 5.74) is 1.24. The van der Waals surface area contributed by atoms with E-state index in [2.05, 4.69) is 27.8 Å². The van der Waals surface area contributed by atoms with Crippen molar-refractivity contribution in [2.24, 2.45) is 11.8 Å².